The Morgan fingerprint density at radius 1 is 1.43 bits per heavy atom. The Labute approximate surface area is 127 Å². The normalized spacial score (nSPS) is 21.7. The fraction of sp³-hybridized carbons (Fsp3) is 0.647. The molecule has 1 aliphatic heterocycles. The molecule has 3 atom stereocenters. The van der Waals surface area contributed by atoms with E-state index in [1.165, 1.54) is 6.07 Å². The van der Waals surface area contributed by atoms with Crippen molar-refractivity contribution in [2.24, 2.45) is 5.92 Å². The van der Waals surface area contributed by atoms with Gasteiger partial charge in [0.15, 0.2) is 0 Å². The van der Waals surface area contributed by atoms with E-state index in [1.807, 2.05) is 12.1 Å². The highest BCUT2D eigenvalue weighted by Gasteiger charge is 2.27. The molecule has 118 valence electrons. The standard InChI is InChI=1S/C17H27FN2O/c1-4-19-17(14-9-10-21-12-14)11-20(3)13(2)15-7-5-6-8-16(15)18/h5-8,13-14,17,19H,4,9-12H2,1-3H3. The first kappa shape index (κ1) is 16.4. The molecule has 4 heteroatoms. The first-order valence-electron chi connectivity index (χ1n) is 7.89. The molecule has 2 rings (SSSR count). The van der Waals surface area contributed by atoms with Gasteiger partial charge in [0.1, 0.15) is 5.82 Å². The number of nitrogens with one attached hydrogen (secondary N) is 1. The zero-order valence-electron chi connectivity index (χ0n) is 13.3. The van der Waals surface area contributed by atoms with Gasteiger partial charge in [-0.15, -0.1) is 0 Å². The van der Waals surface area contributed by atoms with Gasteiger partial charge in [-0.05, 0) is 33.0 Å². The number of hydrogen-bond acceptors (Lipinski definition) is 3. The molecule has 3 unspecified atom stereocenters. The minimum absolute atomic E-state index is 0.0645. The maximum Gasteiger partial charge on any atom is 0.127 e. The maximum atomic E-state index is 13.9. The maximum absolute atomic E-state index is 13.9. The number of ether oxygens (including phenoxy) is 1. The smallest absolute Gasteiger partial charge is 0.127 e. The predicted octanol–water partition coefficient (Wildman–Crippen LogP) is 2.83. The lowest BCUT2D eigenvalue weighted by Crippen LogP contribution is -2.45. The van der Waals surface area contributed by atoms with E-state index in [0.29, 0.717) is 12.0 Å². The highest BCUT2D eigenvalue weighted by molar-refractivity contribution is 5.20. The van der Waals surface area contributed by atoms with Crippen LogP contribution in [0.2, 0.25) is 0 Å². The molecule has 0 saturated carbocycles. The van der Waals surface area contributed by atoms with E-state index in [4.69, 9.17) is 4.74 Å². The molecule has 1 aromatic rings. The number of hydrogen-bond donors (Lipinski definition) is 1. The number of rotatable bonds is 7. The first-order valence-corrected chi connectivity index (χ1v) is 7.89. The van der Waals surface area contributed by atoms with E-state index in [-0.39, 0.29) is 11.9 Å². The van der Waals surface area contributed by atoms with E-state index in [9.17, 15) is 4.39 Å². The van der Waals surface area contributed by atoms with Crippen molar-refractivity contribution in [3.05, 3.63) is 35.6 Å². The van der Waals surface area contributed by atoms with Gasteiger partial charge in [-0.1, -0.05) is 25.1 Å². The van der Waals surface area contributed by atoms with Crippen LogP contribution in [-0.4, -0.2) is 44.3 Å². The van der Waals surface area contributed by atoms with Crippen molar-refractivity contribution in [3.8, 4) is 0 Å². The Hall–Kier alpha value is -0.970. The minimum Gasteiger partial charge on any atom is -0.381 e. The lowest BCUT2D eigenvalue weighted by molar-refractivity contribution is 0.157. The molecule has 1 aliphatic rings. The van der Waals surface area contributed by atoms with Gasteiger partial charge in [0.25, 0.3) is 0 Å². The largest absolute Gasteiger partial charge is 0.381 e. The van der Waals surface area contributed by atoms with Crippen molar-refractivity contribution < 1.29 is 9.13 Å². The summed E-state index contributed by atoms with van der Waals surface area (Å²) in [5, 5.41) is 3.56. The molecular formula is C17H27FN2O. The van der Waals surface area contributed by atoms with Gasteiger partial charge in [0.05, 0.1) is 6.61 Å². The predicted molar refractivity (Wildman–Crippen MR) is 83.8 cm³/mol. The molecule has 1 heterocycles. The van der Waals surface area contributed by atoms with Crippen LogP contribution in [0.15, 0.2) is 24.3 Å². The summed E-state index contributed by atoms with van der Waals surface area (Å²) in [6, 6.07) is 7.51. The zero-order valence-corrected chi connectivity index (χ0v) is 13.3. The number of likely N-dealkylation sites (N-methyl/N-ethyl adjacent to an activating group) is 2. The molecule has 21 heavy (non-hydrogen) atoms. The lowest BCUT2D eigenvalue weighted by atomic mass is 9.97. The molecule has 1 fully saturated rings. The van der Waals surface area contributed by atoms with Crippen molar-refractivity contribution in [1.82, 2.24) is 10.2 Å². The third kappa shape index (κ3) is 4.25. The molecule has 0 aliphatic carbocycles. The third-order valence-corrected chi connectivity index (χ3v) is 4.50. The Kier molecular flexibility index (Phi) is 6.15. The van der Waals surface area contributed by atoms with E-state index in [0.717, 1.165) is 38.3 Å². The van der Waals surface area contributed by atoms with Crippen molar-refractivity contribution in [3.63, 3.8) is 0 Å². The average molecular weight is 294 g/mol. The van der Waals surface area contributed by atoms with E-state index in [1.54, 1.807) is 6.07 Å². The van der Waals surface area contributed by atoms with E-state index < -0.39 is 0 Å². The average Bonchev–Trinajstić information content (AvgIpc) is 3.00. The van der Waals surface area contributed by atoms with Crippen LogP contribution in [0, 0.1) is 11.7 Å². The monoisotopic (exact) mass is 294 g/mol. The zero-order chi connectivity index (χ0) is 15.2. The number of nitrogens with zero attached hydrogens (tertiary/aromatic N) is 1. The molecule has 1 aromatic carbocycles. The quantitative estimate of drug-likeness (QED) is 0.837. The van der Waals surface area contributed by atoms with E-state index >= 15 is 0 Å². The highest BCUT2D eigenvalue weighted by Crippen LogP contribution is 2.24. The van der Waals surface area contributed by atoms with Gasteiger partial charge in [0, 0.05) is 36.7 Å². The minimum atomic E-state index is -0.124. The molecule has 0 aromatic heterocycles. The Bertz CT molecular complexity index is 435. The van der Waals surface area contributed by atoms with Crippen LogP contribution in [0.5, 0.6) is 0 Å². The topological polar surface area (TPSA) is 24.5 Å². The number of halogens is 1. The van der Waals surface area contributed by atoms with Crippen molar-refractivity contribution in [2.45, 2.75) is 32.4 Å². The van der Waals surface area contributed by atoms with Gasteiger partial charge in [-0.3, -0.25) is 4.90 Å². The summed E-state index contributed by atoms with van der Waals surface area (Å²) < 4.78 is 19.4. The highest BCUT2D eigenvalue weighted by atomic mass is 19.1. The summed E-state index contributed by atoms with van der Waals surface area (Å²) in [4.78, 5) is 2.23. The van der Waals surface area contributed by atoms with Gasteiger partial charge in [-0.25, -0.2) is 4.39 Å². The Morgan fingerprint density at radius 3 is 2.81 bits per heavy atom. The third-order valence-electron chi connectivity index (χ3n) is 4.50. The van der Waals surface area contributed by atoms with Crippen LogP contribution in [0.25, 0.3) is 0 Å². The fourth-order valence-electron chi connectivity index (χ4n) is 3.03. The fourth-order valence-corrected chi connectivity index (χ4v) is 3.03. The summed E-state index contributed by atoms with van der Waals surface area (Å²) in [7, 11) is 2.07. The Morgan fingerprint density at radius 2 is 2.19 bits per heavy atom. The second-order valence-electron chi connectivity index (χ2n) is 5.92. The van der Waals surface area contributed by atoms with E-state index in [2.05, 4.69) is 31.1 Å². The van der Waals surface area contributed by atoms with Gasteiger partial charge < -0.3 is 10.1 Å². The number of benzene rings is 1. The molecule has 0 radical (unpaired) electrons. The van der Waals surface area contributed by atoms with Gasteiger partial charge >= 0.3 is 0 Å². The van der Waals surface area contributed by atoms with Crippen molar-refractivity contribution in [2.75, 3.05) is 33.4 Å². The molecule has 1 N–H and O–H groups in total. The van der Waals surface area contributed by atoms with Crippen LogP contribution in [0.3, 0.4) is 0 Å². The van der Waals surface area contributed by atoms with Gasteiger partial charge in [0.2, 0.25) is 0 Å². The molecule has 0 amide bonds. The second kappa shape index (κ2) is 7.87. The van der Waals surface area contributed by atoms with Crippen molar-refractivity contribution in [1.29, 1.82) is 0 Å². The van der Waals surface area contributed by atoms with Crippen LogP contribution in [0.4, 0.5) is 4.39 Å². The lowest BCUT2D eigenvalue weighted by Gasteiger charge is -2.32. The molecule has 1 saturated heterocycles. The Balaban J connectivity index is 2.00. The van der Waals surface area contributed by atoms with Crippen LogP contribution in [0.1, 0.15) is 31.9 Å². The molecular weight excluding hydrogens is 267 g/mol. The summed E-state index contributed by atoms with van der Waals surface area (Å²) in [5.74, 6) is 0.432. The van der Waals surface area contributed by atoms with Crippen LogP contribution in [-0.2, 0) is 4.74 Å². The van der Waals surface area contributed by atoms with Crippen LogP contribution < -0.4 is 5.32 Å². The summed E-state index contributed by atoms with van der Waals surface area (Å²) in [6.07, 6.45) is 1.11. The summed E-state index contributed by atoms with van der Waals surface area (Å²) in [6.45, 7) is 7.73. The molecule has 3 nitrogen and oxygen atoms in total. The van der Waals surface area contributed by atoms with Crippen molar-refractivity contribution >= 4 is 0 Å². The molecule has 0 bridgehead atoms. The summed E-state index contributed by atoms with van der Waals surface area (Å²) >= 11 is 0. The van der Waals surface area contributed by atoms with Gasteiger partial charge in [-0.2, -0.15) is 0 Å². The van der Waals surface area contributed by atoms with Crippen LogP contribution >= 0.6 is 0 Å². The molecule has 0 spiro atoms. The first-order chi connectivity index (χ1) is 10.1. The second-order valence-corrected chi connectivity index (χ2v) is 5.92. The summed E-state index contributed by atoms with van der Waals surface area (Å²) in [5.41, 5.74) is 0.762. The SMILES string of the molecule is CCNC(CN(C)C(C)c1ccccc1F)C1CCOC1.